The van der Waals surface area contributed by atoms with Gasteiger partial charge in [0, 0.05) is 13.0 Å². The first kappa shape index (κ1) is 19.2. The van der Waals surface area contributed by atoms with Crippen LogP contribution in [0.3, 0.4) is 0 Å². The van der Waals surface area contributed by atoms with Crippen molar-refractivity contribution in [2.75, 3.05) is 18.5 Å². The summed E-state index contributed by atoms with van der Waals surface area (Å²) in [4.78, 5) is 11.6. The molecule has 0 radical (unpaired) electrons. The van der Waals surface area contributed by atoms with E-state index in [1.54, 1.807) is 0 Å². The van der Waals surface area contributed by atoms with Gasteiger partial charge in [-0.3, -0.25) is 4.79 Å². The molecule has 0 fully saturated rings. The van der Waals surface area contributed by atoms with Gasteiger partial charge in [0.2, 0.25) is 0 Å². The number of hydrogen-bond acceptors (Lipinski definition) is 4. The number of anilines is 1. The highest BCUT2D eigenvalue weighted by atomic mass is 32.1. The number of para-hydroxylation sites is 2. The molecule has 23 heavy (non-hydrogen) atoms. The van der Waals surface area contributed by atoms with E-state index in [2.05, 4.69) is 10.6 Å². The summed E-state index contributed by atoms with van der Waals surface area (Å²) in [6.07, 6.45) is 1.02. The predicted molar refractivity (Wildman–Crippen MR) is 96.9 cm³/mol. The molecule has 0 saturated carbocycles. The molecular formula is C17H26N2O3S. The second-order valence-corrected chi connectivity index (χ2v) is 6.41. The maximum absolute atomic E-state index is 11.6. The molecule has 1 aromatic carbocycles. The van der Waals surface area contributed by atoms with Crippen LogP contribution in [0.4, 0.5) is 5.69 Å². The number of esters is 1. The summed E-state index contributed by atoms with van der Waals surface area (Å²) in [6.45, 7) is 8.70. The van der Waals surface area contributed by atoms with Crippen LogP contribution in [0.2, 0.25) is 0 Å². The Kier molecular flexibility index (Phi) is 7.81. The summed E-state index contributed by atoms with van der Waals surface area (Å²) in [7, 11) is 0. The molecule has 5 nitrogen and oxygen atoms in total. The molecule has 128 valence electrons. The smallest absolute Gasteiger partial charge is 0.306 e. The molecule has 6 heteroatoms. The molecule has 1 rings (SSSR count). The Bertz CT molecular complexity index is 527. The molecule has 1 aromatic rings. The van der Waals surface area contributed by atoms with Crippen molar-refractivity contribution in [2.24, 2.45) is 0 Å². The topological polar surface area (TPSA) is 59.6 Å². The van der Waals surface area contributed by atoms with Gasteiger partial charge in [0.05, 0.1) is 12.3 Å². The standard InChI is InChI=1S/C17H26N2O3S/c1-5-21-14-10-7-6-9-13(14)19-16(23)18-12-8-11-15(20)22-17(2,3)4/h6-7,9-10H,5,8,11-12H2,1-4H3,(H2,18,19,23). The van der Waals surface area contributed by atoms with Crippen molar-refractivity contribution >= 4 is 29.0 Å². The van der Waals surface area contributed by atoms with Gasteiger partial charge in [-0.2, -0.15) is 0 Å². The number of benzene rings is 1. The molecule has 0 aromatic heterocycles. The Balaban J connectivity index is 2.31. The van der Waals surface area contributed by atoms with Gasteiger partial charge < -0.3 is 20.1 Å². The van der Waals surface area contributed by atoms with Gasteiger partial charge >= 0.3 is 5.97 Å². The van der Waals surface area contributed by atoms with E-state index < -0.39 is 5.60 Å². The van der Waals surface area contributed by atoms with Crippen molar-refractivity contribution in [3.8, 4) is 5.75 Å². The van der Waals surface area contributed by atoms with E-state index in [1.165, 1.54) is 0 Å². The van der Waals surface area contributed by atoms with Crippen LogP contribution in [-0.2, 0) is 9.53 Å². The molecule has 2 N–H and O–H groups in total. The largest absolute Gasteiger partial charge is 0.492 e. The number of carbonyl (C=O) groups is 1. The maximum atomic E-state index is 11.6. The van der Waals surface area contributed by atoms with Crippen LogP contribution in [0.5, 0.6) is 5.75 Å². The van der Waals surface area contributed by atoms with Gasteiger partial charge in [0.1, 0.15) is 11.4 Å². The monoisotopic (exact) mass is 338 g/mol. The molecule has 0 aliphatic heterocycles. The number of carbonyl (C=O) groups excluding carboxylic acids is 1. The number of thiocarbonyl (C=S) groups is 1. The normalized spacial score (nSPS) is 10.8. The van der Waals surface area contributed by atoms with Crippen LogP contribution >= 0.6 is 12.2 Å². The highest BCUT2D eigenvalue weighted by Gasteiger charge is 2.15. The second kappa shape index (κ2) is 9.35. The van der Waals surface area contributed by atoms with E-state index in [9.17, 15) is 4.79 Å². The average molecular weight is 338 g/mol. The van der Waals surface area contributed by atoms with Crippen molar-refractivity contribution in [1.29, 1.82) is 0 Å². The van der Waals surface area contributed by atoms with Gasteiger partial charge in [-0.1, -0.05) is 12.1 Å². The number of ether oxygens (including phenoxy) is 2. The van der Waals surface area contributed by atoms with Crippen LogP contribution in [0.25, 0.3) is 0 Å². The minimum Gasteiger partial charge on any atom is -0.492 e. The molecule has 0 bridgehead atoms. The Morgan fingerprint density at radius 2 is 1.96 bits per heavy atom. The van der Waals surface area contributed by atoms with Crippen molar-refractivity contribution in [2.45, 2.75) is 46.1 Å². The van der Waals surface area contributed by atoms with E-state index in [-0.39, 0.29) is 5.97 Å². The van der Waals surface area contributed by atoms with E-state index in [1.807, 2.05) is 52.0 Å². The first-order valence-electron chi connectivity index (χ1n) is 7.80. The number of nitrogens with one attached hydrogen (secondary N) is 2. The van der Waals surface area contributed by atoms with E-state index >= 15 is 0 Å². The Hall–Kier alpha value is -1.82. The van der Waals surface area contributed by atoms with E-state index in [0.717, 1.165) is 11.4 Å². The Morgan fingerprint density at radius 1 is 1.26 bits per heavy atom. The number of hydrogen-bond donors (Lipinski definition) is 2. The molecule has 0 spiro atoms. The molecule has 0 atom stereocenters. The minimum absolute atomic E-state index is 0.195. The van der Waals surface area contributed by atoms with Gasteiger partial charge in [0.15, 0.2) is 5.11 Å². The molecule has 0 aliphatic rings. The lowest BCUT2D eigenvalue weighted by molar-refractivity contribution is -0.154. The fourth-order valence-corrected chi connectivity index (χ4v) is 2.06. The summed E-state index contributed by atoms with van der Waals surface area (Å²) >= 11 is 5.25. The number of rotatable bonds is 7. The summed E-state index contributed by atoms with van der Waals surface area (Å²) in [5.74, 6) is 0.563. The SMILES string of the molecule is CCOc1ccccc1NC(=S)NCCCC(=O)OC(C)(C)C. The van der Waals surface area contributed by atoms with Gasteiger partial charge in [0.25, 0.3) is 0 Å². The predicted octanol–water partition coefficient (Wildman–Crippen LogP) is 3.49. The maximum Gasteiger partial charge on any atom is 0.306 e. The molecule has 0 unspecified atom stereocenters. The van der Waals surface area contributed by atoms with Gasteiger partial charge in [-0.25, -0.2) is 0 Å². The lowest BCUT2D eigenvalue weighted by Crippen LogP contribution is -2.30. The third kappa shape index (κ3) is 8.40. The molecule has 0 heterocycles. The summed E-state index contributed by atoms with van der Waals surface area (Å²) in [5.41, 5.74) is 0.378. The highest BCUT2D eigenvalue weighted by Crippen LogP contribution is 2.23. The van der Waals surface area contributed by atoms with Crippen molar-refractivity contribution in [3.63, 3.8) is 0 Å². The fourth-order valence-electron chi connectivity index (χ4n) is 1.84. The molecule has 0 saturated heterocycles. The third-order valence-corrected chi connectivity index (χ3v) is 2.94. The van der Waals surface area contributed by atoms with Crippen molar-refractivity contribution in [3.05, 3.63) is 24.3 Å². The first-order valence-corrected chi connectivity index (χ1v) is 8.21. The van der Waals surface area contributed by atoms with E-state index in [4.69, 9.17) is 21.7 Å². The molecule has 0 amide bonds. The van der Waals surface area contributed by atoms with Crippen molar-refractivity contribution in [1.82, 2.24) is 5.32 Å². The quantitative estimate of drug-likeness (QED) is 0.451. The summed E-state index contributed by atoms with van der Waals surface area (Å²) in [6, 6.07) is 7.61. The summed E-state index contributed by atoms with van der Waals surface area (Å²) in [5, 5.41) is 6.68. The average Bonchev–Trinajstić information content (AvgIpc) is 2.44. The molecule has 0 aliphatic carbocycles. The lowest BCUT2D eigenvalue weighted by Gasteiger charge is -2.19. The van der Waals surface area contributed by atoms with Crippen LogP contribution in [0.1, 0.15) is 40.5 Å². The Morgan fingerprint density at radius 3 is 2.61 bits per heavy atom. The lowest BCUT2D eigenvalue weighted by atomic mass is 10.2. The zero-order chi connectivity index (χ0) is 17.3. The Labute approximate surface area is 143 Å². The summed E-state index contributed by atoms with van der Waals surface area (Å²) < 4.78 is 10.8. The fraction of sp³-hybridized carbons (Fsp3) is 0.529. The van der Waals surface area contributed by atoms with Crippen LogP contribution in [0, 0.1) is 0 Å². The minimum atomic E-state index is -0.440. The van der Waals surface area contributed by atoms with Crippen LogP contribution in [0.15, 0.2) is 24.3 Å². The van der Waals surface area contributed by atoms with E-state index in [0.29, 0.717) is 31.1 Å². The second-order valence-electron chi connectivity index (χ2n) is 6.00. The highest BCUT2D eigenvalue weighted by molar-refractivity contribution is 7.80. The zero-order valence-corrected chi connectivity index (χ0v) is 15.1. The molecular weight excluding hydrogens is 312 g/mol. The first-order chi connectivity index (χ1) is 10.8. The van der Waals surface area contributed by atoms with Gasteiger partial charge in [-0.15, -0.1) is 0 Å². The van der Waals surface area contributed by atoms with Gasteiger partial charge in [-0.05, 0) is 58.5 Å². The van der Waals surface area contributed by atoms with Crippen molar-refractivity contribution < 1.29 is 14.3 Å². The van der Waals surface area contributed by atoms with Crippen LogP contribution < -0.4 is 15.4 Å². The van der Waals surface area contributed by atoms with Crippen LogP contribution in [-0.4, -0.2) is 29.8 Å². The zero-order valence-electron chi connectivity index (χ0n) is 14.3. The third-order valence-electron chi connectivity index (χ3n) is 2.70.